The van der Waals surface area contributed by atoms with E-state index in [4.69, 9.17) is 9.84 Å². The van der Waals surface area contributed by atoms with Crippen molar-refractivity contribution < 1.29 is 9.84 Å². The van der Waals surface area contributed by atoms with Crippen LogP contribution in [-0.4, -0.2) is 18.8 Å². The third-order valence-corrected chi connectivity index (χ3v) is 3.30. The van der Waals surface area contributed by atoms with Gasteiger partial charge in [-0.1, -0.05) is 22.0 Å². The Hall–Kier alpha value is -1.06. The first-order valence-corrected chi connectivity index (χ1v) is 6.41. The molecule has 0 fully saturated rings. The molecule has 0 aliphatic carbocycles. The normalized spacial score (nSPS) is 10.8. The van der Waals surface area contributed by atoms with E-state index < -0.39 is 0 Å². The number of halogens is 1. The van der Waals surface area contributed by atoms with Gasteiger partial charge in [-0.15, -0.1) is 0 Å². The zero-order chi connectivity index (χ0) is 12.3. The van der Waals surface area contributed by atoms with E-state index in [9.17, 15) is 0 Å². The van der Waals surface area contributed by atoms with Crippen molar-refractivity contribution in [3.05, 3.63) is 40.4 Å². The minimum absolute atomic E-state index is 0.208. The van der Waals surface area contributed by atoms with Crippen molar-refractivity contribution in [2.75, 3.05) is 13.7 Å². The van der Waals surface area contributed by atoms with E-state index in [1.165, 1.54) is 5.39 Å². The number of ether oxygens (including phenoxy) is 1. The molecule has 2 nitrogen and oxygen atoms in total. The molecule has 0 aliphatic rings. The summed E-state index contributed by atoms with van der Waals surface area (Å²) < 4.78 is 6.46. The molecule has 3 heteroatoms. The van der Waals surface area contributed by atoms with E-state index in [1.54, 1.807) is 7.11 Å². The highest BCUT2D eigenvalue weighted by Gasteiger charge is 2.05. The Balaban J connectivity index is 2.49. The Labute approximate surface area is 109 Å². The van der Waals surface area contributed by atoms with Gasteiger partial charge >= 0.3 is 0 Å². The van der Waals surface area contributed by atoms with Gasteiger partial charge in [-0.25, -0.2) is 0 Å². The van der Waals surface area contributed by atoms with Crippen LogP contribution in [0.5, 0.6) is 5.75 Å². The second-order valence-electron chi connectivity index (χ2n) is 3.98. The number of aryl methyl sites for hydroxylation is 1. The highest BCUT2D eigenvalue weighted by atomic mass is 79.9. The van der Waals surface area contributed by atoms with Crippen molar-refractivity contribution in [1.82, 2.24) is 0 Å². The second-order valence-corrected chi connectivity index (χ2v) is 4.90. The first kappa shape index (κ1) is 12.4. The first-order chi connectivity index (χ1) is 8.24. The number of benzene rings is 2. The van der Waals surface area contributed by atoms with Gasteiger partial charge in [-0.05, 0) is 53.4 Å². The molecule has 0 radical (unpaired) electrons. The maximum absolute atomic E-state index is 8.90. The number of hydrogen-bond acceptors (Lipinski definition) is 2. The highest BCUT2D eigenvalue weighted by Crippen LogP contribution is 2.28. The van der Waals surface area contributed by atoms with Crippen molar-refractivity contribution in [3.8, 4) is 5.75 Å². The quantitative estimate of drug-likeness (QED) is 0.935. The van der Waals surface area contributed by atoms with Gasteiger partial charge < -0.3 is 9.84 Å². The summed E-state index contributed by atoms with van der Waals surface area (Å²) in [6.07, 6.45) is 1.60. The molecule has 2 aromatic carbocycles. The lowest BCUT2D eigenvalue weighted by Crippen LogP contribution is -1.95. The highest BCUT2D eigenvalue weighted by molar-refractivity contribution is 9.10. The second kappa shape index (κ2) is 5.52. The van der Waals surface area contributed by atoms with Crippen LogP contribution in [-0.2, 0) is 6.42 Å². The van der Waals surface area contributed by atoms with Crippen LogP contribution in [0.1, 0.15) is 12.0 Å². The summed E-state index contributed by atoms with van der Waals surface area (Å²) in [5, 5.41) is 11.3. The van der Waals surface area contributed by atoms with Crippen molar-refractivity contribution in [3.63, 3.8) is 0 Å². The van der Waals surface area contributed by atoms with Crippen LogP contribution in [0.4, 0.5) is 0 Å². The zero-order valence-electron chi connectivity index (χ0n) is 9.74. The average molecular weight is 295 g/mol. The fourth-order valence-electron chi connectivity index (χ4n) is 1.95. The van der Waals surface area contributed by atoms with E-state index in [2.05, 4.69) is 40.2 Å². The molecule has 0 amide bonds. The van der Waals surface area contributed by atoms with E-state index in [0.29, 0.717) is 0 Å². The molecule has 0 aliphatic heterocycles. The maximum Gasteiger partial charge on any atom is 0.122 e. The van der Waals surface area contributed by atoms with E-state index >= 15 is 0 Å². The van der Waals surface area contributed by atoms with Gasteiger partial charge in [-0.2, -0.15) is 0 Å². The lowest BCUT2D eigenvalue weighted by atomic mass is 10.0. The molecule has 17 heavy (non-hydrogen) atoms. The molecule has 0 aromatic heterocycles. The lowest BCUT2D eigenvalue weighted by molar-refractivity contribution is 0.288. The molecule has 0 spiro atoms. The smallest absolute Gasteiger partial charge is 0.122 e. The largest absolute Gasteiger partial charge is 0.496 e. The van der Waals surface area contributed by atoms with Crippen molar-refractivity contribution in [1.29, 1.82) is 0 Å². The number of fused-ring (bicyclic) bond motifs is 1. The van der Waals surface area contributed by atoms with Crippen LogP contribution < -0.4 is 4.74 Å². The van der Waals surface area contributed by atoms with Crippen LogP contribution in [0.2, 0.25) is 0 Å². The monoisotopic (exact) mass is 294 g/mol. The molecule has 0 atom stereocenters. The first-order valence-electron chi connectivity index (χ1n) is 5.61. The number of aliphatic hydroxyl groups excluding tert-OH is 1. The third-order valence-electron chi connectivity index (χ3n) is 2.81. The molecule has 1 N–H and O–H groups in total. The number of hydrogen-bond donors (Lipinski definition) is 1. The van der Waals surface area contributed by atoms with Crippen LogP contribution >= 0.6 is 15.9 Å². The Kier molecular flexibility index (Phi) is 4.02. The van der Waals surface area contributed by atoms with E-state index in [0.717, 1.165) is 34.0 Å². The summed E-state index contributed by atoms with van der Waals surface area (Å²) in [6, 6.07) is 10.4. The topological polar surface area (TPSA) is 29.5 Å². The van der Waals surface area contributed by atoms with Crippen molar-refractivity contribution >= 4 is 26.7 Å². The van der Waals surface area contributed by atoms with Gasteiger partial charge in [0, 0.05) is 11.1 Å². The van der Waals surface area contributed by atoms with Crippen molar-refractivity contribution in [2.24, 2.45) is 0 Å². The predicted octanol–water partition coefficient (Wildman–Crippen LogP) is 3.54. The maximum atomic E-state index is 8.90. The van der Waals surface area contributed by atoms with Gasteiger partial charge in [0.15, 0.2) is 0 Å². The lowest BCUT2D eigenvalue weighted by Gasteiger charge is -2.10. The molecule has 0 saturated heterocycles. The standard InChI is InChI=1S/C14H15BrO2/c1-17-14-9-10-4-5-13(15)8-12(10)7-11(14)3-2-6-16/h4-5,7-9,16H,2-3,6H2,1H3. The Morgan fingerprint density at radius 1 is 1.18 bits per heavy atom. The Morgan fingerprint density at radius 2 is 2.00 bits per heavy atom. The van der Waals surface area contributed by atoms with Crippen molar-refractivity contribution in [2.45, 2.75) is 12.8 Å². The SMILES string of the molecule is COc1cc2ccc(Br)cc2cc1CCCO. The summed E-state index contributed by atoms with van der Waals surface area (Å²) in [5.41, 5.74) is 1.15. The molecular weight excluding hydrogens is 280 g/mol. The summed E-state index contributed by atoms with van der Waals surface area (Å²) in [7, 11) is 1.68. The minimum Gasteiger partial charge on any atom is -0.496 e. The summed E-state index contributed by atoms with van der Waals surface area (Å²) >= 11 is 3.47. The fourth-order valence-corrected chi connectivity index (χ4v) is 2.33. The van der Waals surface area contributed by atoms with Gasteiger partial charge in [-0.3, -0.25) is 0 Å². The van der Waals surface area contributed by atoms with Crippen LogP contribution in [0.25, 0.3) is 10.8 Å². The van der Waals surface area contributed by atoms with Gasteiger partial charge in [0.2, 0.25) is 0 Å². The zero-order valence-corrected chi connectivity index (χ0v) is 11.3. The molecule has 2 aromatic rings. The third kappa shape index (κ3) is 2.79. The van der Waals surface area contributed by atoms with E-state index in [-0.39, 0.29) is 6.61 Å². The molecule has 90 valence electrons. The van der Waals surface area contributed by atoms with Gasteiger partial charge in [0.05, 0.1) is 7.11 Å². The Bertz CT molecular complexity index is 523. The summed E-state index contributed by atoms with van der Waals surface area (Å²) in [5.74, 6) is 0.897. The number of methoxy groups -OCH3 is 1. The Morgan fingerprint density at radius 3 is 2.71 bits per heavy atom. The summed E-state index contributed by atoms with van der Waals surface area (Å²) in [4.78, 5) is 0. The van der Waals surface area contributed by atoms with E-state index in [1.807, 2.05) is 6.07 Å². The molecule has 2 rings (SSSR count). The summed E-state index contributed by atoms with van der Waals surface area (Å²) in [6.45, 7) is 0.208. The fraction of sp³-hybridized carbons (Fsp3) is 0.286. The van der Waals surface area contributed by atoms with Crippen LogP contribution in [0.3, 0.4) is 0 Å². The van der Waals surface area contributed by atoms with Crippen LogP contribution in [0.15, 0.2) is 34.8 Å². The predicted molar refractivity (Wildman–Crippen MR) is 73.6 cm³/mol. The number of aliphatic hydroxyl groups is 1. The molecule has 0 bridgehead atoms. The van der Waals surface area contributed by atoms with Gasteiger partial charge in [0.1, 0.15) is 5.75 Å². The molecule has 0 unspecified atom stereocenters. The molecular formula is C14H15BrO2. The van der Waals surface area contributed by atoms with Gasteiger partial charge in [0.25, 0.3) is 0 Å². The minimum atomic E-state index is 0.208. The molecule has 0 heterocycles. The average Bonchev–Trinajstić information content (AvgIpc) is 2.35. The molecule has 0 saturated carbocycles. The number of rotatable bonds is 4. The van der Waals surface area contributed by atoms with Crippen LogP contribution in [0, 0.1) is 0 Å².